The highest BCUT2D eigenvalue weighted by molar-refractivity contribution is 5.94. The van der Waals surface area contributed by atoms with E-state index in [-0.39, 0.29) is 18.1 Å². The summed E-state index contributed by atoms with van der Waals surface area (Å²) in [7, 11) is 1.97. The van der Waals surface area contributed by atoms with Gasteiger partial charge in [-0.3, -0.25) is 4.79 Å². The Kier molecular flexibility index (Phi) is 3.30. The SMILES string of the molecule is CN(c1ccc2c(c1)CCC(=O)N2)C(C)(C)CO. The molecule has 1 aromatic rings. The highest BCUT2D eigenvalue weighted by atomic mass is 16.3. The summed E-state index contributed by atoms with van der Waals surface area (Å²) in [5.74, 6) is 0.0827. The number of amides is 1. The molecule has 98 valence electrons. The first-order valence-corrected chi connectivity index (χ1v) is 6.21. The van der Waals surface area contributed by atoms with Gasteiger partial charge < -0.3 is 15.3 Å². The number of likely N-dealkylation sites (N-methyl/N-ethyl adjacent to an activating group) is 1. The minimum Gasteiger partial charge on any atom is -0.394 e. The van der Waals surface area contributed by atoms with Gasteiger partial charge in [0.15, 0.2) is 0 Å². The van der Waals surface area contributed by atoms with Crippen molar-refractivity contribution in [2.24, 2.45) is 0 Å². The third-order valence-electron chi connectivity index (χ3n) is 3.67. The summed E-state index contributed by atoms with van der Waals surface area (Å²) < 4.78 is 0. The van der Waals surface area contributed by atoms with Gasteiger partial charge in [-0.05, 0) is 44.0 Å². The predicted molar refractivity (Wildman–Crippen MR) is 73.0 cm³/mol. The molecule has 4 nitrogen and oxygen atoms in total. The first-order valence-electron chi connectivity index (χ1n) is 6.21. The molecule has 1 aliphatic rings. The smallest absolute Gasteiger partial charge is 0.224 e. The van der Waals surface area contributed by atoms with Gasteiger partial charge >= 0.3 is 0 Å². The summed E-state index contributed by atoms with van der Waals surface area (Å²) in [6, 6.07) is 6.00. The highest BCUT2D eigenvalue weighted by Gasteiger charge is 2.24. The zero-order valence-electron chi connectivity index (χ0n) is 11.2. The van der Waals surface area contributed by atoms with Gasteiger partial charge in [-0.2, -0.15) is 0 Å². The molecule has 1 aliphatic heterocycles. The Hall–Kier alpha value is -1.55. The van der Waals surface area contributed by atoms with Gasteiger partial charge in [-0.25, -0.2) is 0 Å². The molecule has 0 saturated carbocycles. The van der Waals surface area contributed by atoms with Crippen LogP contribution >= 0.6 is 0 Å². The van der Waals surface area contributed by atoms with E-state index in [0.29, 0.717) is 6.42 Å². The molecule has 18 heavy (non-hydrogen) atoms. The van der Waals surface area contributed by atoms with Gasteiger partial charge in [0.1, 0.15) is 0 Å². The Labute approximate surface area is 108 Å². The average molecular weight is 248 g/mol. The Bertz CT molecular complexity index is 469. The molecule has 0 unspecified atom stereocenters. The third-order valence-corrected chi connectivity index (χ3v) is 3.67. The van der Waals surface area contributed by atoms with Crippen molar-refractivity contribution in [1.29, 1.82) is 0 Å². The maximum atomic E-state index is 11.3. The quantitative estimate of drug-likeness (QED) is 0.857. The number of aliphatic hydroxyl groups is 1. The molecule has 0 radical (unpaired) electrons. The van der Waals surface area contributed by atoms with Gasteiger partial charge in [0.25, 0.3) is 0 Å². The molecule has 0 saturated heterocycles. The van der Waals surface area contributed by atoms with E-state index < -0.39 is 0 Å². The Morgan fingerprint density at radius 2 is 2.11 bits per heavy atom. The van der Waals surface area contributed by atoms with Crippen LogP contribution in [0.1, 0.15) is 25.8 Å². The minimum atomic E-state index is -0.299. The number of aliphatic hydroxyl groups excluding tert-OH is 1. The van der Waals surface area contributed by atoms with Crippen LogP contribution in [-0.2, 0) is 11.2 Å². The zero-order valence-corrected chi connectivity index (χ0v) is 11.2. The summed E-state index contributed by atoms with van der Waals surface area (Å²) in [6.45, 7) is 4.08. The molecule has 1 aromatic carbocycles. The molecule has 2 rings (SSSR count). The number of aryl methyl sites for hydroxylation is 1. The van der Waals surface area contributed by atoms with E-state index >= 15 is 0 Å². The lowest BCUT2D eigenvalue weighted by atomic mass is 9.99. The largest absolute Gasteiger partial charge is 0.394 e. The fraction of sp³-hybridized carbons (Fsp3) is 0.500. The third kappa shape index (κ3) is 2.34. The van der Waals surface area contributed by atoms with Crippen LogP contribution in [0.3, 0.4) is 0 Å². The molecule has 0 spiro atoms. The van der Waals surface area contributed by atoms with Crippen LogP contribution in [-0.4, -0.2) is 30.2 Å². The van der Waals surface area contributed by atoms with Crippen molar-refractivity contribution in [2.75, 3.05) is 23.9 Å². The maximum absolute atomic E-state index is 11.3. The fourth-order valence-corrected chi connectivity index (χ4v) is 2.03. The lowest BCUT2D eigenvalue weighted by molar-refractivity contribution is -0.116. The molecular formula is C14H20N2O2. The molecule has 0 fully saturated rings. The summed E-state index contributed by atoms with van der Waals surface area (Å²) >= 11 is 0. The highest BCUT2D eigenvalue weighted by Crippen LogP contribution is 2.29. The molecule has 1 amide bonds. The van der Waals surface area contributed by atoms with E-state index in [1.54, 1.807) is 0 Å². The number of carbonyl (C=O) groups excluding carboxylic acids is 1. The van der Waals surface area contributed by atoms with Crippen LogP contribution in [0.15, 0.2) is 18.2 Å². The lowest BCUT2D eigenvalue weighted by Gasteiger charge is -2.36. The molecule has 0 aliphatic carbocycles. The monoisotopic (exact) mass is 248 g/mol. The molecule has 0 bridgehead atoms. The van der Waals surface area contributed by atoms with Gasteiger partial charge in [-0.1, -0.05) is 0 Å². The second kappa shape index (κ2) is 4.61. The van der Waals surface area contributed by atoms with Crippen LogP contribution in [0.5, 0.6) is 0 Å². The van der Waals surface area contributed by atoms with Gasteiger partial charge in [-0.15, -0.1) is 0 Å². The molecule has 0 atom stereocenters. The Morgan fingerprint density at radius 1 is 1.39 bits per heavy atom. The predicted octanol–water partition coefficient (Wildman–Crippen LogP) is 1.78. The maximum Gasteiger partial charge on any atom is 0.224 e. The molecule has 2 N–H and O–H groups in total. The number of carbonyl (C=O) groups is 1. The van der Waals surface area contributed by atoms with Crippen molar-refractivity contribution in [3.05, 3.63) is 23.8 Å². The second-order valence-corrected chi connectivity index (χ2v) is 5.42. The fourth-order valence-electron chi connectivity index (χ4n) is 2.03. The summed E-state index contributed by atoms with van der Waals surface area (Å²) in [5.41, 5.74) is 2.83. The van der Waals surface area contributed by atoms with Crippen LogP contribution in [0.4, 0.5) is 11.4 Å². The van der Waals surface area contributed by atoms with E-state index in [9.17, 15) is 9.90 Å². The van der Waals surface area contributed by atoms with Gasteiger partial charge in [0, 0.05) is 24.8 Å². The topological polar surface area (TPSA) is 52.6 Å². The Balaban J connectivity index is 2.29. The van der Waals surface area contributed by atoms with Crippen molar-refractivity contribution in [3.63, 3.8) is 0 Å². The van der Waals surface area contributed by atoms with Crippen molar-refractivity contribution < 1.29 is 9.90 Å². The van der Waals surface area contributed by atoms with Crippen molar-refractivity contribution >= 4 is 17.3 Å². The van der Waals surface area contributed by atoms with Crippen molar-refractivity contribution in [2.45, 2.75) is 32.2 Å². The minimum absolute atomic E-state index is 0.0827. The van der Waals surface area contributed by atoms with E-state index in [1.165, 1.54) is 0 Å². The van der Waals surface area contributed by atoms with E-state index in [0.717, 1.165) is 23.4 Å². The average Bonchev–Trinajstić information content (AvgIpc) is 2.37. The zero-order chi connectivity index (χ0) is 13.3. The normalized spacial score (nSPS) is 15.0. The number of hydrogen-bond donors (Lipinski definition) is 2. The summed E-state index contributed by atoms with van der Waals surface area (Å²) in [5, 5.41) is 12.3. The molecule has 4 heteroatoms. The van der Waals surface area contributed by atoms with Crippen LogP contribution < -0.4 is 10.2 Å². The first kappa shape index (κ1) is 12.9. The standard InChI is InChI=1S/C14H20N2O2/c1-14(2,9-17)16(3)11-5-6-12-10(8-11)4-7-13(18)15-12/h5-6,8,17H,4,7,9H2,1-3H3,(H,15,18). The number of benzene rings is 1. The van der Waals surface area contributed by atoms with Crippen molar-refractivity contribution in [1.82, 2.24) is 0 Å². The Morgan fingerprint density at radius 3 is 2.78 bits per heavy atom. The summed E-state index contributed by atoms with van der Waals surface area (Å²) in [6.07, 6.45) is 1.33. The molecule has 0 aromatic heterocycles. The van der Waals surface area contributed by atoms with Gasteiger partial charge in [0.2, 0.25) is 5.91 Å². The van der Waals surface area contributed by atoms with Gasteiger partial charge in [0.05, 0.1) is 12.1 Å². The summed E-state index contributed by atoms with van der Waals surface area (Å²) in [4.78, 5) is 13.4. The van der Waals surface area contributed by atoms with Crippen molar-refractivity contribution in [3.8, 4) is 0 Å². The first-order chi connectivity index (χ1) is 8.44. The number of nitrogens with zero attached hydrogens (tertiary/aromatic N) is 1. The van der Waals surface area contributed by atoms with Crippen LogP contribution in [0, 0.1) is 0 Å². The van der Waals surface area contributed by atoms with E-state index in [4.69, 9.17) is 0 Å². The number of fused-ring (bicyclic) bond motifs is 1. The lowest BCUT2D eigenvalue weighted by Crippen LogP contribution is -2.44. The van der Waals surface area contributed by atoms with E-state index in [1.807, 2.05) is 33.0 Å². The molecular weight excluding hydrogens is 228 g/mol. The molecule has 1 heterocycles. The van der Waals surface area contributed by atoms with Crippen LogP contribution in [0.25, 0.3) is 0 Å². The van der Waals surface area contributed by atoms with Crippen LogP contribution in [0.2, 0.25) is 0 Å². The number of anilines is 2. The number of nitrogens with one attached hydrogen (secondary N) is 1. The number of hydrogen-bond acceptors (Lipinski definition) is 3. The van der Waals surface area contributed by atoms with E-state index in [2.05, 4.69) is 16.3 Å². The number of rotatable bonds is 3. The second-order valence-electron chi connectivity index (χ2n) is 5.42.